The monoisotopic (exact) mass is 268 g/mol. The second-order valence-corrected chi connectivity index (χ2v) is 4.28. The third-order valence-corrected chi connectivity index (χ3v) is 2.56. The van der Waals surface area contributed by atoms with Gasteiger partial charge in [-0.05, 0) is 13.3 Å². The van der Waals surface area contributed by atoms with Crippen LogP contribution < -0.4 is 0 Å². The molecule has 0 bridgehead atoms. The van der Waals surface area contributed by atoms with Gasteiger partial charge in [0.25, 0.3) is 0 Å². The van der Waals surface area contributed by atoms with Crippen molar-refractivity contribution < 1.29 is 19.0 Å². The molecule has 108 valence electrons. The van der Waals surface area contributed by atoms with E-state index < -0.39 is 0 Å². The summed E-state index contributed by atoms with van der Waals surface area (Å²) in [5, 5.41) is 0. The maximum atomic E-state index is 10.9. The summed E-state index contributed by atoms with van der Waals surface area (Å²) in [6, 6.07) is 0. The van der Waals surface area contributed by atoms with E-state index in [1.165, 1.54) is 6.92 Å². The highest BCUT2D eigenvalue weighted by Crippen LogP contribution is 2.16. The van der Waals surface area contributed by atoms with E-state index in [0.29, 0.717) is 13.0 Å². The Labute approximate surface area is 116 Å². The van der Waals surface area contributed by atoms with Gasteiger partial charge in [-0.1, -0.05) is 18.9 Å². The highest BCUT2D eigenvalue weighted by molar-refractivity contribution is 5.66. The lowest BCUT2D eigenvalue weighted by Crippen LogP contribution is -2.35. The molecule has 0 spiro atoms. The molecule has 4 heteroatoms. The first-order chi connectivity index (χ1) is 9.04. The predicted octanol–water partition coefficient (Wildman–Crippen LogP) is 2.33. The molecule has 3 atom stereocenters. The van der Waals surface area contributed by atoms with Gasteiger partial charge >= 0.3 is 5.97 Å². The van der Waals surface area contributed by atoms with E-state index in [4.69, 9.17) is 20.6 Å². The molecular formula is C15H24O4. The SMILES string of the molecule is C#CCOC(CC)C(CC(C)OC(C)=O)OCC=C. The van der Waals surface area contributed by atoms with Gasteiger partial charge in [-0.25, -0.2) is 0 Å². The molecule has 0 fully saturated rings. The van der Waals surface area contributed by atoms with Gasteiger partial charge in [-0.15, -0.1) is 13.0 Å². The Bertz CT molecular complexity index is 306. The van der Waals surface area contributed by atoms with Crippen molar-refractivity contribution in [2.75, 3.05) is 13.2 Å². The van der Waals surface area contributed by atoms with Crippen LogP contribution in [0.1, 0.15) is 33.6 Å². The maximum absolute atomic E-state index is 10.9. The Morgan fingerprint density at radius 2 is 2.11 bits per heavy atom. The summed E-state index contributed by atoms with van der Waals surface area (Å²) in [5.74, 6) is 2.15. The second kappa shape index (κ2) is 10.6. The lowest BCUT2D eigenvalue weighted by Gasteiger charge is -2.27. The van der Waals surface area contributed by atoms with Gasteiger partial charge in [0.05, 0.1) is 18.8 Å². The Morgan fingerprint density at radius 1 is 1.42 bits per heavy atom. The van der Waals surface area contributed by atoms with Crippen LogP contribution in [0.3, 0.4) is 0 Å². The molecule has 19 heavy (non-hydrogen) atoms. The summed E-state index contributed by atoms with van der Waals surface area (Å²) in [4.78, 5) is 10.9. The number of carbonyl (C=O) groups is 1. The fraction of sp³-hybridized carbons (Fsp3) is 0.667. The highest BCUT2D eigenvalue weighted by atomic mass is 16.6. The molecule has 4 nitrogen and oxygen atoms in total. The molecule has 0 saturated heterocycles. The first kappa shape index (κ1) is 17.7. The third-order valence-electron chi connectivity index (χ3n) is 2.56. The highest BCUT2D eigenvalue weighted by Gasteiger charge is 2.24. The van der Waals surface area contributed by atoms with Crippen molar-refractivity contribution in [3.63, 3.8) is 0 Å². The molecule has 0 aromatic carbocycles. The molecule has 0 saturated carbocycles. The van der Waals surface area contributed by atoms with Crippen LogP contribution in [0.5, 0.6) is 0 Å². The van der Waals surface area contributed by atoms with Gasteiger partial charge in [-0.2, -0.15) is 0 Å². The zero-order chi connectivity index (χ0) is 14.7. The normalized spacial score (nSPS) is 15.1. The van der Waals surface area contributed by atoms with Crippen LogP contribution in [-0.2, 0) is 19.0 Å². The molecule has 0 aromatic heterocycles. The number of rotatable bonds is 10. The number of carbonyl (C=O) groups excluding carboxylic acids is 1. The first-order valence-corrected chi connectivity index (χ1v) is 6.49. The summed E-state index contributed by atoms with van der Waals surface area (Å²) < 4.78 is 16.4. The smallest absolute Gasteiger partial charge is 0.302 e. The summed E-state index contributed by atoms with van der Waals surface area (Å²) in [6.07, 6.45) is 7.70. The molecule has 0 aliphatic carbocycles. The molecule has 0 N–H and O–H groups in total. The van der Waals surface area contributed by atoms with Crippen LogP contribution in [0.2, 0.25) is 0 Å². The lowest BCUT2D eigenvalue weighted by molar-refractivity contribution is -0.149. The van der Waals surface area contributed by atoms with Crippen LogP contribution in [0, 0.1) is 12.3 Å². The zero-order valence-electron chi connectivity index (χ0n) is 12.1. The van der Waals surface area contributed by atoms with Crippen LogP contribution >= 0.6 is 0 Å². The quantitative estimate of drug-likeness (QED) is 0.346. The van der Waals surface area contributed by atoms with Crippen molar-refractivity contribution in [2.24, 2.45) is 0 Å². The largest absolute Gasteiger partial charge is 0.463 e. The van der Waals surface area contributed by atoms with Gasteiger partial charge in [-0.3, -0.25) is 4.79 Å². The standard InChI is InChI=1S/C15H24O4/c1-6-9-17-14(8-3)15(18-10-7-2)11-12(4)19-13(5)16/h1,7,12,14-15H,2,8-11H2,3-5H3. The predicted molar refractivity (Wildman–Crippen MR) is 74.6 cm³/mol. The second-order valence-electron chi connectivity index (χ2n) is 4.28. The molecule has 0 amide bonds. The van der Waals surface area contributed by atoms with Crippen LogP contribution in [0.4, 0.5) is 0 Å². The van der Waals surface area contributed by atoms with E-state index in [9.17, 15) is 4.79 Å². The van der Waals surface area contributed by atoms with Crippen LogP contribution in [0.25, 0.3) is 0 Å². The Balaban J connectivity index is 4.52. The van der Waals surface area contributed by atoms with Crippen molar-refractivity contribution in [3.8, 4) is 12.3 Å². The number of hydrogen-bond acceptors (Lipinski definition) is 4. The van der Waals surface area contributed by atoms with Gasteiger partial charge in [0.2, 0.25) is 0 Å². The zero-order valence-corrected chi connectivity index (χ0v) is 12.1. The number of hydrogen-bond donors (Lipinski definition) is 0. The van der Waals surface area contributed by atoms with E-state index in [0.717, 1.165) is 6.42 Å². The fourth-order valence-corrected chi connectivity index (χ4v) is 1.82. The van der Waals surface area contributed by atoms with E-state index in [-0.39, 0.29) is 30.9 Å². The van der Waals surface area contributed by atoms with E-state index >= 15 is 0 Å². The van der Waals surface area contributed by atoms with Gasteiger partial charge in [0.15, 0.2) is 0 Å². The average molecular weight is 268 g/mol. The number of ether oxygens (including phenoxy) is 3. The molecule has 0 aliphatic rings. The topological polar surface area (TPSA) is 44.8 Å². The summed E-state index contributed by atoms with van der Waals surface area (Å²) in [6.45, 7) is 9.52. The third kappa shape index (κ3) is 8.41. The molecule has 0 heterocycles. The summed E-state index contributed by atoms with van der Waals surface area (Å²) in [5.41, 5.74) is 0. The van der Waals surface area contributed by atoms with Crippen LogP contribution in [-0.4, -0.2) is 37.5 Å². The fourth-order valence-electron chi connectivity index (χ4n) is 1.82. The van der Waals surface area contributed by atoms with Crippen molar-refractivity contribution in [3.05, 3.63) is 12.7 Å². The van der Waals surface area contributed by atoms with E-state index in [1.54, 1.807) is 6.08 Å². The molecule has 3 unspecified atom stereocenters. The first-order valence-electron chi connectivity index (χ1n) is 6.49. The Morgan fingerprint density at radius 3 is 2.58 bits per heavy atom. The molecular weight excluding hydrogens is 244 g/mol. The molecule has 0 radical (unpaired) electrons. The molecule has 0 aromatic rings. The Hall–Kier alpha value is -1.31. The van der Waals surface area contributed by atoms with Crippen molar-refractivity contribution in [1.82, 2.24) is 0 Å². The van der Waals surface area contributed by atoms with E-state index in [1.807, 2.05) is 13.8 Å². The minimum absolute atomic E-state index is 0.117. The van der Waals surface area contributed by atoms with Crippen molar-refractivity contribution >= 4 is 5.97 Å². The summed E-state index contributed by atoms with van der Waals surface area (Å²) in [7, 11) is 0. The van der Waals surface area contributed by atoms with Gasteiger partial charge < -0.3 is 14.2 Å². The molecule has 0 rings (SSSR count). The van der Waals surface area contributed by atoms with E-state index in [2.05, 4.69) is 12.5 Å². The minimum atomic E-state index is -0.299. The maximum Gasteiger partial charge on any atom is 0.302 e. The minimum Gasteiger partial charge on any atom is -0.463 e. The van der Waals surface area contributed by atoms with Crippen LogP contribution in [0.15, 0.2) is 12.7 Å². The average Bonchev–Trinajstić information content (AvgIpc) is 2.35. The van der Waals surface area contributed by atoms with Crippen molar-refractivity contribution in [1.29, 1.82) is 0 Å². The van der Waals surface area contributed by atoms with Crippen molar-refractivity contribution in [2.45, 2.75) is 51.9 Å². The number of esters is 1. The number of terminal acetylenes is 1. The lowest BCUT2D eigenvalue weighted by atomic mass is 10.0. The van der Waals surface area contributed by atoms with Gasteiger partial charge in [0, 0.05) is 13.3 Å². The van der Waals surface area contributed by atoms with Gasteiger partial charge in [0.1, 0.15) is 12.7 Å². The molecule has 0 aliphatic heterocycles. The Kier molecular flexibility index (Phi) is 9.87. The summed E-state index contributed by atoms with van der Waals surface area (Å²) >= 11 is 0.